The van der Waals surface area contributed by atoms with Crippen LogP contribution in [0.4, 0.5) is 5.69 Å². The lowest BCUT2D eigenvalue weighted by molar-refractivity contribution is -0.131. The Balaban J connectivity index is 1.62. The van der Waals surface area contributed by atoms with Gasteiger partial charge in [0, 0.05) is 17.5 Å². The number of esters is 1. The van der Waals surface area contributed by atoms with Crippen molar-refractivity contribution in [3.05, 3.63) is 58.6 Å². The Morgan fingerprint density at radius 1 is 1.00 bits per heavy atom. The van der Waals surface area contributed by atoms with E-state index < -0.39 is 29.0 Å². The Morgan fingerprint density at radius 2 is 1.74 bits per heavy atom. The molecule has 0 aliphatic carbocycles. The van der Waals surface area contributed by atoms with Crippen LogP contribution in [0.3, 0.4) is 0 Å². The SMILES string of the molecule is COc1ccc(N2C(=O)C3SC(N)=C4C(=O)Oc5ccccc5C4C3C2=O)cc1OC. The van der Waals surface area contributed by atoms with Gasteiger partial charge in [-0.1, -0.05) is 30.0 Å². The number of ether oxygens (including phenoxy) is 3. The van der Waals surface area contributed by atoms with Gasteiger partial charge in [0.1, 0.15) is 11.0 Å². The van der Waals surface area contributed by atoms with Crippen LogP contribution in [0.5, 0.6) is 17.2 Å². The number of methoxy groups -OCH3 is 2. The number of hydrogen-bond donors (Lipinski definition) is 1. The van der Waals surface area contributed by atoms with Gasteiger partial charge >= 0.3 is 5.97 Å². The van der Waals surface area contributed by atoms with Crippen molar-refractivity contribution in [2.24, 2.45) is 11.7 Å². The molecule has 0 spiro atoms. The summed E-state index contributed by atoms with van der Waals surface area (Å²) in [5.41, 5.74) is 7.47. The molecule has 5 rings (SSSR count). The van der Waals surface area contributed by atoms with Crippen molar-refractivity contribution in [2.45, 2.75) is 11.2 Å². The molecule has 3 aliphatic heterocycles. The molecule has 3 aliphatic rings. The fourth-order valence-corrected chi connectivity index (χ4v) is 5.66. The van der Waals surface area contributed by atoms with Crippen LogP contribution in [0.15, 0.2) is 53.1 Å². The first-order valence-corrected chi connectivity index (χ1v) is 10.4. The number of fused-ring (bicyclic) bond motifs is 5. The lowest BCUT2D eigenvalue weighted by Gasteiger charge is -2.36. The zero-order chi connectivity index (χ0) is 21.9. The molecule has 9 heteroatoms. The van der Waals surface area contributed by atoms with E-state index in [1.807, 2.05) is 0 Å². The number of benzene rings is 2. The molecule has 2 N–H and O–H groups in total. The van der Waals surface area contributed by atoms with E-state index in [1.54, 1.807) is 42.5 Å². The van der Waals surface area contributed by atoms with Crippen LogP contribution < -0.4 is 24.8 Å². The maximum absolute atomic E-state index is 13.6. The van der Waals surface area contributed by atoms with E-state index in [4.69, 9.17) is 19.9 Å². The number of amides is 2. The Hall–Kier alpha value is -3.46. The summed E-state index contributed by atoms with van der Waals surface area (Å²) in [6.07, 6.45) is 0. The highest BCUT2D eigenvalue weighted by Crippen LogP contribution is 2.54. The molecule has 3 heterocycles. The zero-order valence-electron chi connectivity index (χ0n) is 16.7. The van der Waals surface area contributed by atoms with E-state index in [1.165, 1.54) is 14.2 Å². The number of imide groups is 1. The highest BCUT2D eigenvalue weighted by Gasteiger charge is 2.58. The molecule has 0 saturated carbocycles. The normalized spacial score (nSPS) is 24.4. The molecule has 1 fully saturated rings. The third-order valence-electron chi connectivity index (χ3n) is 5.79. The van der Waals surface area contributed by atoms with Crippen LogP contribution in [0.25, 0.3) is 0 Å². The van der Waals surface area contributed by atoms with Crippen molar-refractivity contribution in [3.63, 3.8) is 0 Å². The summed E-state index contributed by atoms with van der Waals surface area (Å²) in [6.45, 7) is 0. The molecular formula is C22H18N2O6S. The number of carbonyl (C=O) groups excluding carboxylic acids is 3. The smallest absolute Gasteiger partial charge is 0.342 e. The Bertz CT molecular complexity index is 1180. The average molecular weight is 438 g/mol. The maximum atomic E-state index is 13.6. The number of hydrogen-bond acceptors (Lipinski definition) is 8. The van der Waals surface area contributed by atoms with E-state index in [0.29, 0.717) is 28.5 Å². The van der Waals surface area contributed by atoms with Crippen LogP contribution in [-0.4, -0.2) is 37.3 Å². The van der Waals surface area contributed by atoms with Gasteiger partial charge < -0.3 is 19.9 Å². The summed E-state index contributed by atoms with van der Waals surface area (Å²) in [4.78, 5) is 40.7. The number of carbonyl (C=O) groups is 3. The minimum atomic E-state index is -0.776. The maximum Gasteiger partial charge on any atom is 0.342 e. The van der Waals surface area contributed by atoms with Crippen molar-refractivity contribution < 1.29 is 28.6 Å². The lowest BCUT2D eigenvalue weighted by Crippen LogP contribution is -2.39. The highest BCUT2D eigenvalue weighted by molar-refractivity contribution is 8.04. The Morgan fingerprint density at radius 3 is 2.48 bits per heavy atom. The van der Waals surface area contributed by atoms with Gasteiger partial charge in [-0.2, -0.15) is 0 Å². The Kier molecular flexibility index (Phi) is 4.44. The summed E-state index contributed by atoms with van der Waals surface area (Å²) in [6, 6.07) is 11.9. The second-order valence-corrected chi connectivity index (χ2v) is 8.48. The van der Waals surface area contributed by atoms with Gasteiger partial charge in [-0.25, -0.2) is 9.69 Å². The standard InChI is InChI=1S/C22H18N2O6S/c1-28-13-8-7-10(9-14(13)29-2)24-20(25)16-15-11-5-3-4-6-12(11)30-22(27)17(15)19(23)31-18(16)21(24)26/h3-9,15-16,18H,23H2,1-2H3. The van der Waals surface area contributed by atoms with E-state index in [0.717, 1.165) is 16.7 Å². The van der Waals surface area contributed by atoms with Gasteiger partial charge in [-0.05, 0) is 18.2 Å². The largest absolute Gasteiger partial charge is 0.493 e. The molecule has 0 bridgehead atoms. The van der Waals surface area contributed by atoms with Gasteiger partial charge in [0.2, 0.25) is 11.8 Å². The van der Waals surface area contributed by atoms with Gasteiger partial charge in [0.05, 0.1) is 36.4 Å². The van der Waals surface area contributed by atoms with Crippen LogP contribution in [0.2, 0.25) is 0 Å². The first-order valence-electron chi connectivity index (χ1n) is 9.53. The molecule has 1 saturated heterocycles. The topological polar surface area (TPSA) is 108 Å². The van der Waals surface area contributed by atoms with Crippen molar-refractivity contribution in [2.75, 3.05) is 19.1 Å². The number of nitrogens with two attached hydrogens (primary N) is 1. The highest BCUT2D eigenvalue weighted by atomic mass is 32.2. The van der Waals surface area contributed by atoms with Crippen LogP contribution in [-0.2, 0) is 14.4 Å². The van der Waals surface area contributed by atoms with E-state index >= 15 is 0 Å². The molecule has 2 aromatic rings. The third kappa shape index (κ3) is 2.73. The number of rotatable bonds is 3. The molecule has 3 unspecified atom stereocenters. The van der Waals surface area contributed by atoms with Gasteiger partial charge in [0.15, 0.2) is 11.5 Å². The molecule has 2 aromatic carbocycles. The monoisotopic (exact) mass is 438 g/mol. The first kappa shape index (κ1) is 19.5. The van der Waals surface area contributed by atoms with Gasteiger partial charge in [-0.15, -0.1) is 0 Å². The number of nitrogens with zero attached hydrogens (tertiary/aromatic N) is 1. The van der Waals surface area contributed by atoms with Crippen molar-refractivity contribution in [1.82, 2.24) is 0 Å². The molecule has 3 atom stereocenters. The third-order valence-corrected chi connectivity index (χ3v) is 7.01. The average Bonchev–Trinajstić information content (AvgIpc) is 3.02. The first-order chi connectivity index (χ1) is 15.0. The molecule has 0 radical (unpaired) electrons. The van der Waals surface area contributed by atoms with E-state index in [2.05, 4.69) is 0 Å². The summed E-state index contributed by atoms with van der Waals surface area (Å²) in [5, 5.41) is -0.533. The second-order valence-electron chi connectivity index (χ2n) is 7.30. The lowest BCUT2D eigenvalue weighted by atomic mass is 9.77. The summed E-state index contributed by atoms with van der Waals surface area (Å²) in [7, 11) is 2.98. The molecule has 0 aromatic heterocycles. The van der Waals surface area contributed by atoms with Crippen molar-refractivity contribution >= 4 is 35.2 Å². The molecule has 8 nitrogen and oxygen atoms in total. The predicted octanol–water partition coefficient (Wildman–Crippen LogP) is 2.18. The fourth-order valence-electron chi connectivity index (χ4n) is 4.42. The zero-order valence-corrected chi connectivity index (χ0v) is 17.5. The summed E-state index contributed by atoms with van der Waals surface area (Å²) >= 11 is 1.04. The molecule has 158 valence electrons. The van der Waals surface area contributed by atoms with Gasteiger partial charge in [0.25, 0.3) is 0 Å². The number of thioether (sulfide) groups is 1. The van der Waals surface area contributed by atoms with Crippen LogP contribution >= 0.6 is 11.8 Å². The number of anilines is 1. The fraction of sp³-hybridized carbons (Fsp3) is 0.227. The predicted molar refractivity (Wildman–Crippen MR) is 113 cm³/mol. The van der Waals surface area contributed by atoms with Crippen LogP contribution in [0.1, 0.15) is 11.5 Å². The van der Waals surface area contributed by atoms with Crippen LogP contribution in [0, 0.1) is 5.92 Å². The van der Waals surface area contributed by atoms with E-state index in [9.17, 15) is 14.4 Å². The van der Waals surface area contributed by atoms with E-state index in [-0.39, 0.29) is 16.5 Å². The minimum Gasteiger partial charge on any atom is -0.493 e. The molecule has 31 heavy (non-hydrogen) atoms. The van der Waals surface area contributed by atoms with Crippen molar-refractivity contribution in [1.29, 1.82) is 0 Å². The molecular weight excluding hydrogens is 420 g/mol. The Labute approximate surface area is 181 Å². The second kappa shape index (κ2) is 7.05. The minimum absolute atomic E-state index is 0.209. The quantitative estimate of drug-likeness (QED) is 0.441. The van der Waals surface area contributed by atoms with Gasteiger partial charge in [-0.3, -0.25) is 9.59 Å². The number of para-hydroxylation sites is 1. The summed E-state index contributed by atoms with van der Waals surface area (Å²) < 4.78 is 16.0. The summed E-state index contributed by atoms with van der Waals surface area (Å²) in [5.74, 6) is -1.53. The van der Waals surface area contributed by atoms with Crippen molar-refractivity contribution in [3.8, 4) is 17.2 Å². The molecule has 2 amide bonds.